The number of hydrogen-bond donors (Lipinski definition) is 1. The van der Waals surface area contributed by atoms with Gasteiger partial charge in [0.2, 0.25) is 5.95 Å². The molecular weight excluding hydrogens is 352 g/mol. The van der Waals surface area contributed by atoms with Gasteiger partial charge in [-0.05, 0) is 37.0 Å². The van der Waals surface area contributed by atoms with Gasteiger partial charge in [-0.1, -0.05) is 18.2 Å². The summed E-state index contributed by atoms with van der Waals surface area (Å²) in [5, 5.41) is 4.96. The summed E-state index contributed by atoms with van der Waals surface area (Å²) in [6, 6.07) is 10.3. The van der Waals surface area contributed by atoms with Crippen LogP contribution in [-0.4, -0.2) is 44.3 Å². The number of ether oxygens (including phenoxy) is 1. The number of nitrogen functional groups attached to an aromatic ring is 1. The van der Waals surface area contributed by atoms with Crippen LogP contribution in [0.5, 0.6) is 0 Å². The van der Waals surface area contributed by atoms with Gasteiger partial charge in [0.05, 0.1) is 18.0 Å². The van der Waals surface area contributed by atoms with Gasteiger partial charge in [-0.15, -0.1) is 0 Å². The maximum Gasteiger partial charge on any atom is 0.219 e. The van der Waals surface area contributed by atoms with Crippen molar-refractivity contribution >= 4 is 5.95 Å². The highest BCUT2D eigenvalue weighted by Crippen LogP contribution is 2.41. The predicted molar refractivity (Wildman–Crippen MR) is 106 cm³/mol. The minimum absolute atomic E-state index is 0.262. The molecule has 7 heteroatoms. The molecule has 1 spiro atoms. The molecule has 7 nitrogen and oxygen atoms in total. The van der Waals surface area contributed by atoms with E-state index in [1.807, 2.05) is 35.3 Å². The number of para-hydroxylation sites is 1. The van der Waals surface area contributed by atoms with Crippen LogP contribution < -0.4 is 5.73 Å². The number of anilines is 1. The lowest BCUT2D eigenvalue weighted by Gasteiger charge is -2.43. The Morgan fingerprint density at radius 3 is 2.57 bits per heavy atom. The maximum atomic E-state index is 6.35. The van der Waals surface area contributed by atoms with Crippen molar-refractivity contribution in [3.8, 4) is 5.69 Å². The summed E-state index contributed by atoms with van der Waals surface area (Å²) < 4.78 is 8.35. The van der Waals surface area contributed by atoms with E-state index in [9.17, 15) is 0 Å². The van der Waals surface area contributed by atoms with Gasteiger partial charge in [-0.2, -0.15) is 5.10 Å². The second-order valence-electron chi connectivity index (χ2n) is 7.60. The Bertz CT molecular complexity index is 945. The number of fused-ring (bicyclic) bond motifs is 2. The van der Waals surface area contributed by atoms with Gasteiger partial charge in [-0.3, -0.25) is 4.90 Å². The molecule has 0 atom stereocenters. The van der Waals surface area contributed by atoms with Gasteiger partial charge in [0.15, 0.2) is 0 Å². The predicted octanol–water partition coefficient (Wildman–Crippen LogP) is 2.31. The van der Waals surface area contributed by atoms with E-state index >= 15 is 0 Å². The number of nitrogens with two attached hydrogens (primary N) is 1. The molecule has 0 saturated carbocycles. The third-order valence-electron chi connectivity index (χ3n) is 5.79. The molecule has 0 amide bonds. The van der Waals surface area contributed by atoms with Gasteiger partial charge in [-0.25, -0.2) is 14.6 Å². The van der Waals surface area contributed by atoms with E-state index in [1.54, 1.807) is 0 Å². The fourth-order valence-corrected chi connectivity index (χ4v) is 4.27. The van der Waals surface area contributed by atoms with Crippen LogP contribution in [0.4, 0.5) is 5.95 Å². The standard InChI is InChI=1S/C21H24N6O/c22-20-23-12-16(13-24-20)14-26-9-7-21(8-10-26)19-17(6-11-28-21)15-27(25-19)18-4-2-1-3-5-18/h1-5,12-13,15H,6-11,14H2,(H2,22,23,24). The van der Waals surface area contributed by atoms with Crippen LogP contribution in [0.3, 0.4) is 0 Å². The van der Waals surface area contributed by atoms with Gasteiger partial charge < -0.3 is 10.5 Å². The molecule has 5 rings (SSSR count). The van der Waals surface area contributed by atoms with E-state index in [0.29, 0.717) is 5.95 Å². The topological polar surface area (TPSA) is 82.1 Å². The minimum atomic E-state index is -0.262. The van der Waals surface area contributed by atoms with Crippen molar-refractivity contribution in [3.63, 3.8) is 0 Å². The smallest absolute Gasteiger partial charge is 0.219 e. The Morgan fingerprint density at radius 2 is 1.82 bits per heavy atom. The highest BCUT2D eigenvalue weighted by molar-refractivity contribution is 5.35. The van der Waals surface area contributed by atoms with Crippen LogP contribution >= 0.6 is 0 Å². The molecular formula is C21H24N6O. The molecule has 0 aliphatic carbocycles. The number of benzene rings is 1. The summed E-state index contributed by atoms with van der Waals surface area (Å²) in [7, 11) is 0. The van der Waals surface area contributed by atoms with E-state index in [2.05, 4.69) is 33.2 Å². The van der Waals surface area contributed by atoms with Crippen molar-refractivity contribution in [3.05, 3.63) is 65.7 Å². The van der Waals surface area contributed by atoms with Crippen LogP contribution in [-0.2, 0) is 23.3 Å². The number of aromatic nitrogens is 4. The van der Waals surface area contributed by atoms with Crippen LogP contribution in [0.25, 0.3) is 5.69 Å². The first kappa shape index (κ1) is 17.3. The third kappa shape index (κ3) is 3.16. The molecule has 1 fully saturated rings. The first-order valence-corrected chi connectivity index (χ1v) is 9.79. The zero-order valence-corrected chi connectivity index (χ0v) is 15.8. The van der Waals surface area contributed by atoms with E-state index < -0.39 is 0 Å². The van der Waals surface area contributed by atoms with Gasteiger partial charge in [0.25, 0.3) is 0 Å². The average Bonchev–Trinajstić information content (AvgIpc) is 3.18. The summed E-state index contributed by atoms with van der Waals surface area (Å²) in [6.45, 7) is 3.52. The second kappa shape index (κ2) is 7.00. The Morgan fingerprint density at radius 1 is 1.07 bits per heavy atom. The monoisotopic (exact) mass is 376 g/mol. The summed E-state index contributed by atoms with van der Waals surface area (Å²) in [5.74, 6) is 0.318. The fourth-order valence-electron chi connectivity index (χ4n) is 4.27. The molecule has 4 heterocycles. The molecule has 2 N–H and O–H groups in total. The van der Waals surface area contributed by atoms with Crippen molar-refractivity contribution in [2.75, 3.05) is 25.4 Å². The first-order chi connectivity index (χ1) is 13.7. The van der Waals surface area contributed by atoms with Gasteiger partial charge in [0.1, 0.15) is 5.60 Å². The van der Waals surface area contributed by atoms with Gasteiger partial charge >= 0.3 is 0 Å². The first-order valence-electron chi connectivity index (χ1n) is 9.79. The van der Waals surface area contributed by atoms with E-state index in [1.165, 1.54) is 5.56 Å². The van der Waals surface area contributed by atoms with Crippen LogP contribution in [0, 0.1) is 0 Å². The molecule has 2 aromatic heterocycles. The third-order valence-corrected chi connectivity index (χ3v) is 5.79. The molecule has 0 radical (unpaired) electrons. The lowest BCUT2D eigenvalue weighted by Crippen LogP contribution is -2.46. The summed E-state index contributed by atoms with van der Waals surface area (Å²) in [4.78, 5) is 10.6. The number of nitrogens with zero attached hydrogens (tertiary/aromatic N) is 5. The lowest BCUT2D eigenvalue weighted by molar-refractivity contribution is -0.102. The maximum absolute atomic E-state index is 6.35. The average molecular weight is 376 g/mol. The Hall–Kier alpha value is -2.77. The zero-order chi connectivity index (χ0) is 19.0. The molecule has 1 aromatic carbocycles. The SMILES string of the molecule is Nc1ncc(CN2CCC3(CC2)OCCc2cn(-c4ccccc4)nc23)cn1. The summed E-state index contributed by atoms with van der Waals surface area (Å²) >= 11 is 0. The molecule has 28 heavy (non-hydrogen) atoms. The molecule has 2 aliphatic rings. The Balaban J connectivity index is 1.34. The Labute approximate surface area is 164 Å². The van der Waals surface area contributed by atoms with E-state index in [0.717, 1.165) is 62.4 Å². The normalized spacial score (nSPS) is 18.9. The summed E-state index contributed by atoms with van der Waals surface area (Å²) in [6.07, 6.45) is 8.61. The molecule has 144 valence electrons. The molecule has 2 aliphatic heterocycles. The van der Waals surface area contributed by atoms with Crippen LogP contribution in [0.1, 0.15) is 29.7 Å². The highest BCUT2D eigenvalue weighted by atomic mass is 16.5. The van der Waals surface area contributed by atoms with Gasteiger partial charge in [0, 0.05) is 43.8 Å². The number of likely N-dealkylation sites (tertiary alicyclic amines) is 1. The van der Waals surface area contributed by atoms with Crippen LogP contribution in [0.15, 0.2) is 48.9 Å². The Kier molecular flexibility index (Phi) is 4.33. The number of rotatable bonds is 3. The molecule has 3 aromatic rings. The quantitative estimate of drug-likeness (QED) is 0.755. The van der Waals surface area contributed by atoms with Crippen molar-refractivity contribution in [1.29, 1.82) is 0 Å². The van der Waals surface area contributed by atoms with Crippen molar-refractivity contribution in [2.24, 2.45) is 0 Å². The number of piperidine rings is 1. The molecule has 0 unspecified atom stereocenters. The second-order valence-corrected chi connectivity index (χ2v) is 7.60. The molecule has 0 bridgehead atoms. The van der Waals surface area contributed by atoms with E-state index in [4.69, 9.17) is 15.6 Å². The van der Waals surface area contributed by atoms with Crippen molar-refractivity contribution in [2.45, 2.75) is 31.4 Å². The van der Waals surface area contributed by atoms with Crippen LogP contribution in [0.2, 0.25) is 0 Å². The summed E-state index contributed by atoms with van der Waals surface area (Å²) in [5.41, 5.74) is 9.93. The zero-order valence-electron chi connectivity index (χ0n) is 15.8. The number of hydrogen-bond acceptors (Lipinski definition) is 6. The largest absolute Gasteiger partial charge is 0.368 e. The minimum Gasteiger partial charge on any atom is -0.368 e. The van der Waals surface area contributed by atoms with Crippen molar-refractivity contribution in [1.82, 2.24) is 24.6 Å². The van der Waals surface area contributed by atoms with Crippen molar-refractivity contribution < 1.29 is 4.74 Å². The van der Waals surface area contributed by atoms with E-state index in [-0.39, 0.29) is 5.60 Å². The molecule has 1 saturated heterocycles. The highest BCUT2D eigenvalue weighted by Gasteiger charge is 2.43. The fraction of sp³-hybridized carbons (Fsp3) is 0.381. The lowest BCUT2D eigenvalue weighted by atomic mass is 9.83.